The summed E-state index contributed by atoms with van der Waals surface area (Å²) in [6, 6.07) is -1.84. The van der Waals surface area contributed by atoms with Crippen LogP contribution in [0.1, 0.15) is 20.8 Å². The van der Waals surface area contributed by atoms with Crippen molar-refractivity contribution in [2.45, 2.75) is 44.4 Å². The number of hydrogen-bond donors (Lipinski definition) is 1. The van der Waals surface area contributed by atoms with E-state index in [2.05, 4.69) is 0 Å². The van der Waals surface area contributed by atoms with Gasteiger partial charge in [0.2, 0.25) is 5.91 Å². The maximum absolute atomic E-state index is 12.2. The fourth-order valence-electron chi connectivity index (χ4n) is 2.32. The summed E-state index contributed by atoms with van der Waals surface area (Å²) in [5.41, 5.74) is -0.638. The highest BCUT2D eigenvalue weighted by atomic mass is 32.2. The van der Waals surface area contributed by atoms with Crippen molar-refractivity contribution in [2.24, 2.45) is 5.41 Å². The molecule has 2 rings (SSSR count). The number of nitrogens with zero attached hydrogens (tertiary/aromatic N) is 1. The summed E-state index contributed by atoms with van der Waals surface area (Å²) in [5, 5.41) is 1.09. The second-order valence-electron chi connectivity index (χ2n) is 6.05. The number of β-lactam (4-membered cyclic amide) rings is 1. The Balaban J connectivity index is 2.05. The van der Waals surface area contributed by atoms with E-state index in [4.69, 9.17) is 0 Å². The van der Waals surface area contributed by atoms with Crippen molar-refractivity contribution in [3.05, 3.63) is 0 Å². The van der Waals surface area contributed by atoms with Gasteiger partial charge in [-0.1, -0.05) is 20.8 Å². The van der Waals surface area contributed by atoms with Crippen LogP contribution in [-0.4, -0.2) is 51.9 Å². The molecule has 1 unspecified atom stereocenters. The van der Waals surface area contributed by atoms with Gasteiger partial charge in [0.05, 0.1) is 0 Å². The van der Waals surface area contributed by atoms with E-state index < -0.39 is 40.9 Å². The zero-order valence-corrected chi connectivity index (χ0v) is 12.5. The van der Waals surface area contributed by atoms with Crippen molar-refractivity contribution in [1.29, 1.82) is 0 Å². The number of fused-ring (bicyclic) bond motifs is 1. The van der Waals surface area contributed by atoms with Crippen LogP contribution in [0, 0.1) is 5.41 Å². The number of carbonyl (C=O) groups excluding carboxylic acids is 3. The van der Waals surface area contributed by atoms with Gasteiger partial charge in [-0.05, 0) is 0 Å². The molecule has 9 heteroatoms. The van der Waals surface area contributed by atoms with Crippen molar-refractivity contribution in [3.63, 3.8) is 0 Å². The van der Waals surface area contributed by atoms with Gasteiger partial charge in [0.1, 0.15) is 17.5 Å². The molecule has 21 heavy (non-hydrogen) atoms. The van der Waals surface area contributed by atoms with Gasteiger partial charge >= 0.3 is 12.1 Å². The second-order valence-corrected chi connectivity index (χ2v) is 7.20. The van der Waals surface area contributed by atoms with Crippen molar-refractivity contribution in [2.75, 3.05) is 5.75 Å². The highest BCUT2D eigenvalue weighted by Gasteiger charge is 2.59. The summed E-state index contributed by atoms with van der Waals surface area (Å²) in [6.07, 6.45) is -5.02. The molecule has 2 aliphatic heterocycles. The molecule has 0 aromatic carbocycles. The molecule has 1 N–H and O–H groups in total. The van der Waals surface area contributed by atoms with E-state index in [0.717, 1.165) is 0 Å². The highest BCUT2D eigenvalue weighted by molar-refractivity contribution is 8.00. The van der Waals surface area contributed by atoms with Gasteiger partial charge in [0.15, 0.2) is 5.78 Å². The Labute approximate surface area is 123 Å². The Hall–Kier alpha value is -1.25. The molecule has 2 amide bonds. The summed E-state index contributed by atoms with van der Waals surface area (Å²) in [6.45, 7) is 5.17. The number of amides is 2. The van der Waals surface area contributed by atoms with Gasteiger partial charge in [0.25, 0.3) is 0 Å². The fourth-order valence-corrected chi connectivity index (χ4v) is 3.80. The number of thioether (sulfide) groups is 1. The third kappa shape index (κ3) is 2.75. The quantitative estimate of drug-likeness (QED) is 0.768. The molecule has 0 aromatic heterocycles. The van der Waals surface area contributed by atoms with Gasteiger partial charge in [-0.3, -0.25) is 14.4 Å². The van der Waals surface area contributed by atoms with E-state index in [1.54, 1.807) is 26.1 Å². The molecule has 118 valence electrons. The molecule has 5 nitrogen and oxygen atoms in total. The van der Waals surface area contributed by atoms with Crippen LogP contribution >= 0.6 is 11.8 Å². The first-order chi connectivity index (χ1) is 9.44. The number of halogens is 3. The van der Waals surface area contributed by atoms with Crippen LogP contribution < -0.4 is 5.32 Å². The molecule has 0 radical (unpaired) electrons. The number of rotatable bonds is 2. The lowest BCUT2D eigenvalue weighted by molar-refractivity contribution is -0.177. The van der Waals surface area contributed by atoms with E-state index >= 15 is 0 Å². The number of ketones is 1. The zero-order valence-electron chi connectivity index (χ0n) is 11.7. The summed E-state index contributed by atoms with van der Waals surface area (Å²) < 4.78 is 36.6. The minimum Gasteiger partial charge on any atom is -0.334 e. The first-order valence-electron chi connectivity index (χ1n) is 6.30. The topological polar surface area (TPSA) is 66.5 Å². The fraction of sp³-hybridized carbons (Fsp3) is 0.750. The van der Waals surface area contributed by atoms with E-state index in [0.29, 0.717) is 5.75 Å². The number of hydrogen-bond acceptors (Lipinski definition) is 4. The van der Waals surface area contributed by atoms with Crippen LogP contribution in [0.5, 0.6) is 0 Å². The molecule has 2 heterocycles. The first kappa shape index (κ1) is 16.1. The largest absolute Gasteiger partial charge is 0.471 e. The van der Waals surface area contributed by atoms with Crippen molar-refractivity contribution in [3.8, 4) is 0 Å². The lowest BCUT2D eigenvalue weighted by Crippen LogP contribution is -2.71. The third-order valence-electron chi connectivity index (χ3n) is 3.43. The molecule has 0 saturated carbocycles. The van der Waals surface area contributed by atoms with Gasteiger partial charge in [0, 0.05) is 11.2 Å². The molecule has 0 spiro atoms. The maximum Gasteiger partial charge on any atom is 0.471 e. The molecular formula is C12H15F3N2O3S. The van der Waals surface area contributed by atoms with Crippen LogP contribution in [0.2, 0.25) is 0 Å². The van der Waals surface area contributed by atoms with Crippen LogP contribution in [0.15, 0.2) is 0 Å². The lowest BCUT2D eigenvalue weighted by Gasteiger charge is -2.45. The zero-order chi connectivity index (χ0) is 16.2. The number of nitrogens with one attached hydrogen (secondary N) is 1. The smallest absolute Gasteiger partial charge is 0.334 e. The molecule has 0 aliphatic carbocycles. The third-order valence-corrected chi connectivity index (χ3v) is 4.78. The average molecular weight is 324 g/mol. The molecular weight excluding hydrogens is 309 g/mol. The van der Waals surface area contributed by atoms with E-state index in [1.165, 1.54) is 16.7 Å². The molecule has 2 saturated heterocycles. The molecule has 2 aliphatic rings. The highest BCUT2D eigenvalue weighted by Crippen LogP contribution is 2.42. The SMILES string of the molecule is CC(C)(C)C(=O)C1CS[C@H]2[C@@H](NC(=O)C(F)(F)F)C(=O)N12. The molecule has 0 bridgehead atoms. The Morgan fingerprint density at radius 1 is 1.29 bits per heavy atom. The Bertz CT molecular complexity index is 501. The predicted molar refractivity (Wildman–Crippen MR) is 69.3 cm³/mol. The number of Topliss-reactive ketones (excluding diaryl/α,β-unsaturated/α-hetero) is 1. The van der Waals surface area contributed by atoms with Crippen molar-refractivity contribution in [1.82, 2.24) is 10.2 Å². The van der Waals surface area contributed by atoms with Gasteiger partial charge in [-0.25, -0.2) is 0 Å². The van der Waals surface area contributed by atoms with Gasteiger partial charge < -0.3 is 10.2 Å². The first-order valence-corrected chi connectivity index (χ1v) is 7.35. The van der Waals surface area contributed by atoms with E-state index in [1.807, 2.05) is 0 Å². The summed E-state index contributed by atoms with van der Waals surface area (Å²) >= 11 is 1.21. The monoisotopic (exact) mass is 324 g/mol. The molecule has 0 aromatic rings. The van der Waals surface area contributed by atoms with Crippen LogP contribution in [0.4, 0.5) is 13.2 Å². The van der Waals surface area contributed by atoms with Crippen LogP contribution in [0.3, 0.4) is 0 Å². The van der Waals surface area contributed by atoms with Gasteiger partial charge in [-0.2, -0.15) is 13.2 Å². The maximum atomic E-state index is 12.2. The normalized spacial score (nSPS) is 29.0. The number of alkyl halides is 3. The predicted octanol–water partition coefficient (Wildman–Crippen LogP) is 0.932. The number of carbonyl (C=O) groups is 3. The molecule has 3 atom stereocenters. The van der Waals surface area contributed by atoms with Gasteiger partial charge in [-0.15, -0.1) is 11.8 Å². The lowest BCUT2D eigenvalue weighted by atomic mass is 9.85. The minimum absolute atomic E-state index is 0.133. The van der Waals surface area contributed by atoms with E-state index in [9.17, 15) is 27.6 Å². The van der Waals surface area contributed by atoms with Crippen LogP contribution in [0.25, 0.3) is 0 Å². The Morgan fingerprint density at radius 2 is 1.86 bits per heavy atom. The Kier molecular flexibility index (Phi) is 3.76. The summed E-state index contributed by atoms with van der Waals surface area (Å²) in [5.74, 6) is -2.56. The Morgan fingerprint density at radius 3 is 2.33 bits per heavy atom. The average Bonchev–Trinajstić information content (AvgIpc) is 2.72. The van der Waals surface area contributed by atoms with Crippen molar-refractivity contribution >= 4 is 29.4 Å². The second kappa shape index (κ2) is 4.89. The summed E-state index contributed by atoms with van der Waals surface area (Å²) in [7, 11) is 0. The van der Waals surface area contributed by atoms with E-state index in [-0.39, 0.29) is 5.78 Å². The summed E-state index contributed by atoms with van der Waals surface area (Å²) in [4.78, 5) is 36.3. The standard InChI is InChI=1S/C12H15F3N2O3S/c1-11(2,3)7(18)5-4-21-9-6(8(19)17(5)9)16-10(20)12(13,14)15/h5-6,9H,4H2,1-3H3,(H,16,20)/t5?,6-,9-/m0/s1. The van der Waals surface area contributed by atoms with Crippen LogP contribution in [-0.2, 0) is 14.4 Å². The minimum atomic E-state index is -5.02. The van der Waals surface area contributed by atoms with Crippen molar-refractivity contribution < 1.29 is 27.6 Å². The molecule has 2 fully saturated rings.